The van der Waals surface area contributed by atoms with Gasteiger partial charge >= 0.3 is 7.60 Å². The second-order valence-electron chi connectivity index (χ2n) is 7.42. The predicted molar refractivity (Wildman–Crippen MR) is 127 cm³/mol. The molecule has 28 heavy (non-hydrogen) atoms. The molecule has 0 spiro atoms. The van der Waals surface area contributed by atoms with E-state index in [9.17, 15) is 14.4 Å². The third kappa shape index (κ3) is 8.04. The minimum atomic E-state index is -4.05. The van der Waals surface area contributed by atoms with Crippen molar-refractivity contribution in [1.29, 1.82) is 0 Å². The Morgan fingerprint density at radius 1 is 0.857 bits per heavy atom. The summed E-state index contributed by atoms with van der Waals surface area (Å²) < 4.78 is 12.7. The molecule has 0 amide bonds. The van der Waals surface area contributed by atoms with Crippen molar-refractivity contribution in [2.45, 2.75) is 84.2 Å². The highest BCUT2D eigenvalue weighted by Crippen LogP contribution is 2.47. The van der Waals surface area contributed by atoms with E-state index in [0.29, 0.717) is 0 Å². The molecule has 0 aliphatic heterocycles. The van der Waals surface area contributed by atoms with Crippen molar-refractivity contribution in [3.05, 3.63) is 31.9 Å². The van der Waals surface area contributed by atoms with Crippen LogP contribution >= 0.6 is 46.2 Å². The maximum absolute atomic E-state index is 11.5. The van der Waals surface area contributed by atoms with Crippen LogP contribution in [0.5, 0.6) is 0 Å². The van der Waals surface area contributed by atoms with Gasteiger partial charge in [0.2, 0.25) is 0 Å². The van der Waals surface area contributed by atoms with Gasteiger partial charge in [0.1, 0.15) is 0 Å². The topological polar surface area (TPSA) is 57.5 Å². The molecule has 0 aliphatic rings. The zero-order valence-electron chi connectivity index (χ0n) is 16.9. The molecule has 0 aliphatic carbocycles. The van der Waals surface area contributed by atoms with Crippen molar-refractivity contribution >= 4 is 46.2 Å². The minimum absolute atomic E-state index is 0.155. The quantitative estimate of drug-likeness (QED) is 0.212. The van der Waals surface area contributed by atoms with Crippen molar-refractivity contribution in [2.24, 2.45) is 0 Å². The fourth-order valence-corrected chi connectivity index (χ4v) is 7.57. The van der Waals surface area contributed by atoms with Gasteiger partial charge in [-0.25, -0.2) is 0 Å². The lowest BCUT2D eigenvalue weighted by atomic mass is 10.0. The normalized spacial score (nSPS) is 12.0. The van der Waals surface area contributed by atoms with Gasteiger partial charge in [-0.05, 0) is 64.9 Å². The van der Waals surface area contributed by atoms with E-state index in [0.717, 1.165) is 27.9 Å². The summed E-state index contributed by atoms with van der Waals surface area (Å²) in [5.74, 6) is 0. The first kappa shape index (κ1) is 24.3. The lowest BCUT2D eigenvalue weighted by molar-refractivity contribution is 0.372. The zero-order chi connectivity index (χ0) is 20.6. The molecule has 3 nitrogen and oxygen atoms in total. The van der Waals surface area contributed by atoms with Crippen LogP contribution < -0.4 is 0 Å². The Balaban J connectivity index is 2.27. The van der Waals surface area contributed by atoms with Crippen molar-refractivity contribution in [2.75, 3.05) is 0 Å². The summed E-state index contributed by atoms with van der Waals surface area (Å²) in [4.78, 5) is 22.2. The van der Waals surface area contributed by atoms with Crippen molar-refractivity contribution in [1.82, 2.24) is 0 Å². The number of unbranched alkanes of at least 4 members (excludes halogenated alkanes) is 6. The van der Waals surface area contributed by atoms with Gasteiger partial charge < -0.3 is 9.79 Å². The molecule has 0 bridgehead atoms. The molecule has 0 aromatic carbocycles. The fourth-order valence-electron chi connectivity index (χ4n) is 3.40. The molecule has 2 N–H and O–H groups in total. The van der Waals surface area contributed by atoms with E-state index in [1.54, 1.807) is 22.7 Å². The molecule has 2 aromatic rings. The number of aryl methyl sites for hydroxylation is 2. The minimum Gasteiger partial charge on any atom is -0.324 e. The molecular formula is C21H32BrO3PS2. The predicted octanol–water partition coefficient (Wildman–Crippen LogP) is 8.16. The van der Waals surface area contributed by atoms with E-state index in [2.05, 4.69) is 35.8 Å². The largest absolute Gasteiger partial charge is 0.330 e. The summed E-state index contributed by atoms with van der Waals surface area (Å²) in [5, 5.41) is 0. The van der Waals surface area contributed by atoms with Crippen LogP contribution in [0.25, 0.3) is 9.75 Å². The van der Waals surface area contributed by atoms with Gasteiger partial charge in [-0.2, -0.15) is 0 Å². The Hall–Kier alpha value is 0.0300. The molecule has 158 valence electrons. The Morgan fingerprint density at radius 3 is 1.93 bits per heavy atom. The Labute approximate surface area is 185 Å². The molecule has 0 fully saturated rings. The van der Waals surface area contributed by atoms with E-state index >= 15 is 0 Å². The van der Waals surface area contributed by atoms with E-state index < -0.39 is 7.60 Å². The second-order valence-corrected chi connectivity index (χ2v) is 12.6. The average Bonchev–Trinajstić information content (AvgIpc) is 3.17. The number of hydrogen-bond donors (Lipinski definition) is 2. The van der Waals surface area contributed by atoms with Crippen LogP contribution in [0.3, 0.4) is 0 Å². The van der Waals surface area contributed by atoms with E-state index in [1.165, 1.54) is 65.8 Å². The van der Waals surface area contributed by atoms with Crippen LogP contribution in [0.4, 0.5) is 0 Å². The van der Waals surface area contributed by atoms with Crippen LogP contribution in [0, 0.1) is 0 Å². The van der Waals surface area contributed by atoms with Crippen LogP contribution in [-0.4, -0.2) is 9.79 Å². The number of thiophene rings is 2. The van der Waals surface area contributed by atoms with Gasteiger partial charge in [0.25, 0.3) is 0 Å². The van der Waals surface area contributed by atoms with E-state index in [4.69, 9.17) is 0 Å². The molecule has 0 unspecified atom stereocenters. The van der Waals surface area contributed by atoms with Crippen LogP contribution in [0.1, 0.15) is 81.2 Å². The molecule has 0 atom stereocenters. The molecule has 0 saturated carbocycles. The van der Waals surface area contributed by atoms with Gasteiger partial charge in [0, 0.05) is 14.6 Å². The van der Waals surface area contributed by atoms with Gasteiger partial charge in [0.05, 0.1) is 9.95 Å². The van der Waals surface area contributed by atoms with Crippen LogP contribution in [0.2, 0.25) is 0 Å². The summed E-state index contributed by atoms with van der Waals surface area (Å²) >= 11 is 6.98. The standard InChI is InChI=1S/C21H32BrO3PS2/c1-3-5-7-9-11-16-13-18(15-26(23,24)25)27-20(16)21-17(14-19(22)28-21)12-10-8-6-4-2/h13-14H,3-12,15H2,1-2H3,(H2,23,24,25). The zero-order valence-corrected chi connectivity index (χ0v) is 21.0. The van der Waals surface area contributed by atoms with Crippen LogP contribution in [-0.2, 0) is 23.6 Å². The molecule has 2 aromatic heterocycles. The van der Waals surface area contributed by atoms with E-state index in [-0.39, 0.29) is 6.16 Å². The third-order valence-corrected chi connectivity index (χ3v) is 8.79. The molecule has 2 heterocycles. The summed E-state index contributed by atoms with van der Waals surface area (Å²) in [6.45, 7) is 4.44. The Morgan fingerprint density at radius 2 is 1.39 bits per heavy atom. The first-order chi connectivity index (χ1) is 13.3. The second kappa shape index (κ2) is 12.0. The molecule has 0 saturated heterocycles. The smallest absolute Gasteiger partial charge is 0.324 e. The first-order valence-electron chi connectivity index (χ1n) is 10.3. The molecule has 0 radical (unpaired) electrons. The van der Waals surface area contributed by atoms with Gasteiger partial charge in [0.15, 0.2) is 0 Å². The lowest BCUT2D eigenvalue weighted by Gasteiger charge is -2.06. The van der Waals surface area contributed by atoms with Gasteiger partial charge in [-0.1, -0.05) is 52.4 Å². The van der Waals surface area contributed by atoms with Gasteiger partial charge in [-0.3, -0.25) is 4.57 Å². The van der Waals surface area contributed by atoms with E-state index in [1.807, 2.05) is 6.07 Å². The highest BCUT2D eigenvalue weighted by Gasteiger charge is 2.21. The maximum Gasteiger partial charge on any atom is 0.330 e. The van der Waals surface area contributed by atoms with Crippen molar-refractivity contribution in [3.63, 3.8) is 0 Å². The summed E-state index contributed by atoms with van der Waals surface area (Å²) in [5.41, 5.74) is 2.63. The van der Waals surface area contributed by atoms with Crippen molar-refractivity contribution in [3.8, 4) is 9.75 Å². The molecular weight excluding hydrogens is 475 g/mol. The van der Waals surface area contributed by atoms with Gasteiger partial charge in [-0.15, -0.1) is 22.7 Å². The first-order valence-corrected chi connectivity index (χ1v) is 14.5. The highest BCUT2D eigenvalue weighted by molar-refractivity contribution is 9.11. The molecule has 7 heteroatoms. The Bertz CT molecular complexity index is 779. The van der Waals surface area contributed by atoms with Crippen LogP contribution in [0.15, 0.2) is 15.9 Å². The number of rotatable bonds is 13. The lowest BCUT2D eigenvalue weighted by Crippen LogP contribution is -1.89. The monoisotopic (exact) mass is 506 g/mol. The third-order valence-electron chi connectivity index (χ3n) is 4.81. The fraction of sp³-hybridized carbons (Fsp3) is 0.619. The Kier molecular flexibility index (Phi) is 10.4. The summed E-state index contributed by atoms with van der Waals surface area (Å²) in [6.07, 6.45) is 11.6. The SMILES string of the molecule is CCCCCCc1cc(Br)sc1-c1sc(CP(=O)(O)O)cc1CCCCCC. The van der Waals surface area contributed by atoms with Crippen molar-refractivity contribution < 1.29 is 14.4 Å². The average molecular weight is 507 g/mol. The summed E-state index contributed by atoms with van der Waals surface area (Å²) in [7, 11) is -4.05. The number of hydrogen-bond acceptors (Lipinski definition) is 3. The summed E-state index contributed by atoms with van der Waals surface area (Å²) in [6, 6.07) is 4.27. The maximum atomic E-state index is 11.5. The highest BCUT2D eigenvalue weighted by atomic mass is 79.9. The molecule has 2 rings (SSSR count). The number of halogens is 1.